The minimum absolute atomic E-state index is 0.0406. The van der Waals surface area contributed by atoms with Crippen molar-refractivity contribution >= 4 is 23.3 Å². The summed E-state index contributed by atoms with van der Waals surface area (Å²) in [5, 5.41) is 27.6. The number of piperidine rings is 1. The molecule has 3 aliphatic heterocycles. The monoisotopic (exact) mass is 418 g/mol. The Balaban J connectivity index is 1.65. The van der Waals surface area contributed by atoms with E-state index in [9.17, 15) is 18.3 Å². The number of nitrogens with two attached hydrogens (primary N) is 1. The third-order valence-electron chi connectivity index (χ3n) is 6.73. The zero-order chi connectivity index (χ0) is 20.7. The Bertz CT molecular complexity index is 691. The fourth-order valence-corrected chi connectivity index (χ4v) is 6.59. The van der Waals surface area contributed by atoms with Gasteiger partial charge in [0.1, 0.15) is 5.54 Å². The summed E-state index contributed by atoms with van der Waals surface area (Å²) in [5.74, 6) is -1.80. The van der Waals surface area contributed by atoms with Crippen molar-refractivity contribution in [2.24, 2.45) is 17.1 Å². The molecule has 3 heterocycles. The average molecular weight is 418 g/mol. The van der Waals surface area contributed by atoms with Crippen LogP contribution in [0.1, 0.15) is 25.7 Å². The molecule has 28 heavy (non-hydrogen) atoms. The van der Waals surface area contributed by atoms with Crippen LogP contribution < -0.4 is 5.73 Å². The Morgan fingerprint density at radius 3 is 2.32 bits per heavy atom. The Kier molecular flexibility index (Phi) is 6.13. The lowest BCUT2D eigenvalue weighted by molar-refractivity contribution is -0.144. The molecule has 10 nitrogen and oxygen atoms in total. The van der Waals surface area contributed by atoms with Gasteiger partial charge in [0.05, 0.1) is 0 Å². The molecule has 0 aromatic rings. The number of carbonyl (C=O) groups is 1. The molecule has 0 aliphatic carbocycles. The van der Waals surface area contributed by atoms with Gasteiger partial charge < -0.3 is 25.8 Å². The first kappa shape index (κ1) is 21.9. The molecule has 0 aromatic heterocycles. The van der Waals surface area contributed by atoms with E-state index in [4.69, 9.17) is 15.8 Å². The number of hydrogen-bond donors (Lipinski definition) is 4. The summed E-state index contributed by atoms with van der Waals surface area (Å²) in [7, 11) is -3.16. The maximum Gasteiger partial charge on any atom is 0.451 e. The molecule has 5 N–H and O–H groups in total. The number of aliphatic carboxylic acids is 1. The first-order valence-electron chi connectivity index (χ1n) is 9.81. The highest BCUT2D eigenvalue weighted by atomic mass is 32.2. The van der Waals surface area contributed by atoms with Gasteiger partial charge in [-0.2, -0.15) is 17.0 Å². The molecule has 3 fully saturated rings. The minimum Gasteiger partial charge on any atom is -0.480 e. The molecule has 1 spiro atoms. The SMILES string of the molecule is CN1CCC2(CC1)CN(S(=O)(=O)N1C[C@H](CCCB(O)O)[C@](N)(C(=O)O)C1)C2. The lowest BCUT2D eigenvalue weighted by atomic mass is 9.73. The molecule has 3 aliphatic rings. The van der Waals surface area contributed by atoms with Crippen molar-refractivity contribution in [3.8, 4) is 0 Å². The van der Waals surface area contributed by atoms with Gasteiger partial charge >= 0.3 is 13.1 Å². The highest BCUT2D eigenvalue weighted by Gasteiger charge is 2.56. The van der Waals surface area contributed by atoms with Crippen molar-refractivity contribution in [3.63, 3.8) is 0 Å². The average Bonchev–Trinajstić information content (AvgIpc) is 2.92. The fraction of sp³-hybridized carbons (Fsp3) is 0.938. The Morgan fingerprint density at radius 1 is 1.18 bits per heavy atom. The normalized spacial score (nSPS) is 31.8. The van der Waals surface area contributed by atoms with Gasteiger partial charge in [-0.25, -0.2) is 0 Å². The van der Waals surface area contributed by atoms with E-state index in [1.165, 1.54) is 8.61 Å². The summed E-state index contributed by atoms with van der Waals surface area (Å²) in [4.78, 5) is 14.0. The minimum atomic E-state index is -3.76. The zero-order valence-corrected chi connectivity index (χ0v) is 17.1. The summed E-state index contributed by atoms with van der Waals surface area (Å²) < 4.78 is 28.8. The third kappa shape index (κ3) is 4.09. The smallest absolute Gasteiger partial charge is 0.451 e. The predicted molar refractivity (Wildman–Crippen MR) is 104 cm³/mol. The van der Waals surface area contributed by atoms with Crippen LogP contribution in [0, 0.1) is 11.3 Å². The molecule has 0 radical (unpaired) electrons. The number of nitrogens with zero attached hydrogens (tertiary/aromatic N) is 3. The van der Waals surface area contributed by atoms with E-state index in [2.05, 4.69) is 11.9 Å². The Labute approximate surface area is 166 Å². The first-order valence-corrected chi connectivity index (χ1v) is 11.2. The molecule has 0 aromatic carbocycles. The van der Waals surface area contributed by atoms with Crippen LogP contribution in [0.4, 0.5) is 0 Å². The Morgan fingerprint density at radius 2 is 1.79 bits per heavy atom. The van der Waals surface area contributed by atoms with E-state index in [0.29, 0.717) is 25.9 Å². The molecule has 0 saturated carbocycles. The number of hydrogen-bond acceptors (Lipinski definition) is 7. The molecule has 160 valence electrons. The van der Waals surface area contributed by atoms with Crippen molar-refractivity contribution in [1.82, 2.24) is 13.5 Å². The molecular weight excluding hydrogens is 387 g/mol. The molecular formula is C16H31BN4O6S. The maximum absolute atomic E-state index is 13.1. The van der Waals surface area contributed by atoms with E-state index >= 15 is 0 Å². The van der Waals surface area contributed by atoms with Gasteiger partial charge in [0.25, 0.3) is 10.2 Å². The summed E-state index contributed by atoms with van der Waals surface area (Å²) in [6, 6.07) is 0. The lowest BCUT2D eigenvalue weighted by Crippen LogP contribution is -2.64. The number of likely N-dealkylation sites (tertiary alicyclic amines) is 1. The largest absolute Gasteiger partial charge is 0.480 e. The van der Waals surface area contributed by atoms with E-state index in [-0.39, 0.29) is 24.8 Å². The van der Waals surface area contributed by atoms with Crippen molar-refractivity contribution in [3.05, 3.63) is 0 Å². The van der Waals surface area contributed by atoms with E-state index in [1.807, 2.05) is 0 Å². The molecule has 0 bridgehead atoms. The van der Waals surface area contributed by atoms with E-state index in [0.717, 1.165) is 25.9 Å². The van der Waals surface area contributed by atoms with Crippen LogP contribution >= 0.6 is 0 Å². The van der Waals surface area contributed by atoms with Gasteiger partial charge in [-0.05, 0) is 45.7 Å². The quantitative estimate of drug-likeness (QED) is 0.355. The van der Waals surface area contributed by atoms with Gasteiger partial charge in [-0.3, -0.25) is 4.79 Å². The standard InChI is InChI=1S/C16H31BN4O6S/c1-19-7-4-15(5-8-19)10-21(11-15)28(26,27)20-9-13(3-2-6-17(24)25)16(18,12-20)14(22)23/h13,24-25H,2-12,18H2,1H3,(H,22,23)/t13-,16-/m0/s1. The van der Waals surface area contributed by atoms with Crippen LogP contribution in [0.3, 0.4) is 0 Å². The number of carboxylic acid groups (broad SMARTS) is 1. The topological polar surface area (TPSA) is 148 Å². The first-order chi connectivity index (χ1) is 13.0. The van der Waals surface area contributed by atoms with Crippen molar-refractivity contribution < 1.29 is 28.4 Å². The van der Waals surface area contributed by atoms with Gasteiger partial charge in [-0.15, -0.1) is 0 Å². The highest BCUT2D eigenvalue weighted by molar-refractivity contribution is 7.86. The van der Waals surface area contributed by atoms with Gasteiger partial charge in [0, 0.05) is 37.5 Å². The lowest BCUT2D eigenvalue weighted by Gasteiger charge is -2.53. The van der Waals surface area contributed by atoms with Gasteiger partial charge in [0.15, 0.2) is 0 Å². The predicted octanol–water partition coefficient (Wildman–Crippen LogP) is -1.77. The van der Waals surface area contributed by atoms with Crippen LogP contribution in [-0.4, -0.2) is 102 Å². The molecule has 0 unspecified atom stereocenters. The van der Waals surface area contributed by atoms with Gasteiger partial charge in [-0.1, -0.05) is 6.42 Å². The van der Waals surface area contributed by atoms with E-state index in [1.54, 1.807) is 0 Å². The molecule has 2 atom stereocenters. The summed E-state index contributed by atoms with van der Waals surface area (Å²) in [6.07, 6.45) is 2.72. The molecule has 3 saturated heterocycles. The Hall–Kier alpha value is -0.755. The van der Waals surface area contributed by atoms with Crippen LogP contribution in [0.2, 0.25) is 6.32 Å². The maximum atomic E-state index is 13.1. The van der Waals surface area contributed by atoms with Crippen molar-refractivity contribution in [1.29, 1.82) is 0 Å². The van der Waals surface area contributed by atoms with Crippen molar-refractivity contribution in [2.75, 3.05) is 46.3 Å². The second kappa shape index (κ2) is 7.82. The molecule has 3 rings (SSSR count). The summed E-state index contributed by atoms with van der Waals surface area (Å²) >= 11 is 0. The summed E-state index contributed by atoms with van der Waals surface area (Å²) in [5.41, 5.74) is 4.49. The van der Waals surface area contributed by atoms with Crippen LogP contribution in [0.15, 0.2) is 0 Å². The second-order valence-electron chi connectivity index (χ2n) is 8.83. The van der Waals surface area contributed by atoms with E-state index < -0.39 is 34.8 Å². The summed E-state index contributed by atoms with van der Waals surface area (Å²) in [6.45, 7) is 2.65. The second-order valence-corrected chi connectivity index (χ2v) is 10.8. The van der Waals surface area contributed by atoms with Gasteiger partial charge in [0.2, 0.25) is 0 Å². The highest BCUT2D eigenvalue weighted by Crippen LogP contribution is 2.43. The third-order valence-corrected chi connectivity index (χ3v) is 8.57. The zero-order valence-electron chi connectivity index (χ0n) is 16.3. The van der Waals surface area contributed by atoms with Crippen LogP contribution in [0.25, 0.3) is 0 Å². The van der Waals surface area contributed by atoms with Crippen LogP contribution in [-0.2, 0) is 15.0 Å². The molecule has 0 amide bonds. The molecule has 12 heteroatoms. The number of carboxylic acids is 1. The number of rotatable bonds is 7. The van der Waals surface area contributed by atoms with Crippen molar-refractivity contribution in [2.45, 2.75) is 37.5 Å². The van der Waals surface area contributed by atoms with Crippen LogP contribution in [0.5, 0.6) is 0 Å². The fourth-order valence-electron chi connectivity index (χ4n) is 4.65.